The Kier molecular flexibility index (Phi) is 3.41. The molecule has 2 rings (SSSR count). The van der Waals surface area contributed by atoms with E-state index in [4.69, 9.17) is 5.11 Å². The van der Waals surface area contributed by atoms with Crippen molar-refractivity contribution in [2.75, 3.05) is 13.1 Å². The first kappa shape index (κ1) is 12.3. The molecular formula is C13H12FNO3. The van der Waals surface area contributed by atoms with Crippen molar-refractivity contribution in [1.29, 1.82) is 0 Å². The van der Waals surface area contributed by atoms with Gasteiger partial charge in [0.05, 0.1) is 6.54 Å². The molecule has 1 aliphatic heterocycles. The molecule has 5 heteroatoms. The number of ketones is 1. The van der Waals surface area contributed by atoms with Gasteiger partial charge >= 0.3 is 6.09 Å². The van der Waals surface area contributed by atoms with Gasteiger partial charge in [0.1, 0.15) is 5.82 Å². The predicted molar refractivity (Wildman–Crippen MR) is 63.6 cm³/mol. The first-order chi connectivity index (χ1) is 8.56. The third kappa shape index (κ3) is 2.74. The zero-order valence-electron chi connectivity index (χ0n) is 9.60. The number of benzene rings is 1. The number of carboxylic acid groups (broad SMARTS) is 1. The van der Waals surface area contributed by atoms with Crippen molar-refractivity contribution >= 4 is 18.0 Å². The van der Waals surface area contributed by atoms with Gasteiger partial charge in [-0.15, -0.1) is 0 Å². The van der Waals surface area contributed by atoms with Crippen LogP contribution in [0.25, 0.3) is 6.08 Å². The van der Waals surface area contributed by atoms with Crippen molar-refractivity contribution in [1.82, 2.24) is 4.90 Å². The number of hydrogen-bond donors (Lipinski definition) is 1. The van der Waals surface area contributed by atoms with E-state index in [-0.39, 0.29) is 31.1 Å². The lowest BCUT2D eigenvalue weighted by molar-refractivity contribution is -0.116. The van der Waals surface area contributed by atoms with E-state index >= 15 is 0 Å². The lowest BCUT2D eigenvalue weighted by atomic mass is 10.0. The summed E-state index contributed by atoms with van der Waals surface area (Å²) in [4.78, 5) is 23.7. The van der Waals surface area contributed by atoms with E-state index in [0.29, 0.717) is 11.1 Å². The maximum absolute atomic E-state index is 12.7. The minimum Gasteiger partial charge on any atom is -0.465 e. The summed E-state index contributed by atoms with van der Waals surface area (Å²) < 4.78 is 12.7. The first-order valence-corrected chi connectivity index (χ1v) is 5.53. The smallest absolute Gasteiger partial charge is 0.407 e. The molecule has 0 aromatic heterocycles. The van der Waals surface area contributed by atoms with Crippen LogP contribution in [-0.4, -0.2) is 35.0 Å². The minimum atomic E-state index is -1.03. The summed E-state index contributed by atoms with van der Waals surface area (Å²) in [6.45, 7) is 0.320. The molecule has 1 fully saturated rings. The Morgan fingerprint density at radius 2 is 2.00 bits per heavy atom. The van der Waals surface area contributed by atoms with Gasteiger partial charge in [0.15, 0.2) is 5.78 Å². The van der Waals surface area contributed by atoms with Gasteiger partial charge in [-0.25, -0.2) is 9.18 Å². The topological polar surface area (TPSA) is 57.6 Å². The van der Waals surface area contributed by atoms with Crippen LogP contribution < -0.4 is 0 Å². The van der Waals surface area contributed by atoms with Crippen LogP contribution in [-0.2, 0) is 4.79 Å². The summed E-state index contributed by atoms with van der Waals surface area (Å²) in [6, 6.07) is 5.70. The van der Waals surface area contributed by atoms with E-state index in [1.165, 1.54) is 17.0 Å². The molecular weight excluding hydrogens is 237 g/mol. The normalized spacial score (nSPS) is 18.2. The molecule has 0 saturated carbocycles. The molecule has 1 N–H and O–H groups in total. The predicted octanol–water partition coefficient (Wildman–Crippen LogP) is 2.16. The zero-order valence-corrected chi connectivity index (χ0v) is 9.60. The average molecular weight is 249 g/mol. The minimum absolute atomic E-state index is 0.0585. The van der Waals surface area contributed by atoms with Crippen LogP contribution in [0.1, 0.15) is 12.0 Å². The molecule has 1 amide bonds. The highest BCUT2D eigenvalue weighted by Crippen LogP contribution is 2.16. The highest BCUT2D eigenvalue weighted by Gasteiger charge is 2.24. The highest BCUT2D eigenvalue weighted by molar-refractivity contribution is 6.01. The van der Waals surface area contributed by atoms with Gasteiger partial charge in [0.25, 0.3) is 0 Å². The summed E-state index contributed by atoms with van der Waals surface area (Å²) in [5.74, 6) is -0.406. The second-order valence-electron chi connectivity index (χ2n) is 4.10. The number of halogens is 1. The van der Waals surface area contributed by atoms with Crippen molar-refractivity contribution < 1.29 is 19.1 Å². The van der Waals surface area contributed by atoms with Crippen molar-refractivity contribution in [2.45, 2.75) is 6.42 Å². The van der Waals surface area contributed by atoms with Gasteiger partial charge in [0.2, 0.25) is 0 Å². The third-order valence-electron chi connectivity index (χ3n) is 2.81. The molecule has 18 heavy (non-hydrogen) atoms. The van der Waals surface area contributed by atoms with Gasteiger partial charge < -0.3 is 10.0 Å². The molecule has 1 heterocycles. The van der Waals surface area contributed by atoms with Crippen LogP contribution in [0.15, 0.2) is 29.8 Å². The fourth-order valence-electron chi connectivity index (χ4n) is 1.82. The molecule has 0 bridgehead atoms. The molecule has 0 radical (unpaired) electrons. The molecule has 1 aromatic carbocycles. The molecule has 0 spiro atoms. The SMILES string of the molecule is O=C1CCN(C(=O)O)CC1=Cc1ccc(F)cc1. The Bertz CT molecular complexity index is 507. The van der Waals surface area contributed by atoms with Gasteiger partial charge in [-0.2, -0.15) is 0 Å². The third-order valence-corrected chi connectivity index (χ3v) is 2.81. The Hall–Kier alpha value is -2.17. The highest BCUT2D eigenvalue weighted by atomic mass is 19.1. The Morgan fingerprint density at radius 1 is 1.33 bits per heavy atom. The van der Waals surface area contributed by atoms with Gasteiger partial charge in [-0.1, -0.05) is 12.1 Å². The second kappa shape index (κ2) is 5.00. The fraction of sp³-hybridized carbons (Fsp3) is 0.231. The number of amides is 1. The molecule has 0 aliphatic carbocycles. The Labute approximate surface area is 103 Å². The van der Waals surface area contributed by atoms with E-state index in [1.54, 1.807) is 18.2 Å². The van der Waals surface area contributed by atoms with Gasteiger partial charge in [-0.3, -0.25) is 4.79 Å². The zero-order chi connectivity index (χ0) is 13.1. The van der Waals surface area contributed by atoms with Crippen LogP contribution in [0.5, 0.6) is 0 Å². The summed E-state index contributed by atoms with van der Waals surface area (Å²) >= 11 is 0. The van der Waals surface area contributed by atoms with E-state index in [1.807, 2.05) is 0 Å². The molecule has 1 saturated heterocycles. The van der Waals surface area contributed by atoms with Crippen molar-refractivity contribution in [3.63, 3.8) is 0 Å². The monoisotopic (exact) mass is 249 g/mol. The molecule has 0 atom stereocenters. The molecule has 1 aromatic rings. The fourth-order valence-corrected chi connectivity index (χ4v) is 1.82. The number of Topliss-reactive ketones (excluding diaryl/α,β-unsaturated/α-hetero) is 1. The van der Waals surface area contributed by atoms with Crippen LogP contribution in [0.2, 0.25) is 0 Å². The lowest BCUT2D eigenvalue weighted by Crippen LogP contribution is -2.39. The summed E-state index contributed by atoms with van der Waals surface area (Å²) in [5, 5.41) is 8.88. The maximum Gasteiger partial charge on any atom is 0.407 e. The van der Waals surface area contributed by atoms with Crippen LogP contribution in [0.3, 0.4) is 0 Å². The van der Waals surface area contributed by atoms with Crippen LogP contribution in [0, 0.1) is 5.82 Å². The maximum atomic E-state index is 12.7. The second-order valence-corrected chi connectivity index (χ2v) is 4.10. The Morgan fingerprint density at radius 3 is 2.61 bits per heavy atom. The lowest BCUT2D eigenvalue weighted by Gasteiger charge is -2.25. The van der Waals surface area contributed by atoms with Crippen molar-refractivity contribution in [2.24, 2.45) is 0 Å². The van der Waals surface area contributed by atoms with E-state index in [0.717, 1.165) is 0 Å². The molecule has 1 aliphatic rings. The van der Waals surface area contributed by atoms with Crippen LogP contribution >= 0.6 is 0 Å². The van der Waals surface area contributed by atoms with E-state index < -0.39 is 6.09 Å². The molecule has 0 unspecified atom stereocenters. The average Bonchev–Trinajstić information content (AvgIpc) is 2.34. The number of nitrogens with zero attached hydrogens (tertiary/aromatic N) is 1. The summed E-state index contributed by atoms with van der Waals surface area (Å²) in [7, 11) is 0. The number of piperidine rings is 1. The number of rotatable bonds is 1. The number of carbonyl (C=O) groups excluding carboxylic acids is 1. The van der Waals surface area contributed by atoms with E-state index in [9.17, 15) is 14.0 Å². The van der Waals surface area contributed by atoms with Crippen LogP contribution in [0.4, 0.5) is 9.18 Å². The van der Waals surface area contributed by atoms with Crippen molar-refractivity contribution in [3.05, 3.63) is 41.2 Å². The Balaban J connectivity index is 2.21. The summed E-state index contributed by atoms with van der Waals surface area (Å²) in [6.07, 6.45) is 0.767. The summed E-state index contributed by atoms with van der Waals surface area (Å²) in [5.41, 5.74) is 1.13. The number of likely N-dealkylation sites (tertiary alicyclic amines) is 1. The number of hydrogen-bond acceptors (Lipinski definition) is 2. The van der Waals surface area contributed by atoms with E-state index in [2.05, 4.69) is 0 Å². The number of carbonyl (C=O) groups is 2. The van der Waals surface area contributed by atoms with Gasteiger partial charge in [0, 0.05) is 18.5 Å². The standard InChI is InChI=1S/C13H12FNO3/c14-11-3-1-9(2-4-11)7-10-8-15(13(17)18)6-5-12(10)16/h1-4,7H,5-6,8H2,(H,17,18). The largest absolute Gasteiger partial charge is 0.465 e. The quantitative estimate of drug-likeness (QED) is 0.776. The molecule has 94 valence electrons. The molecule has 4 nitrogen and oxygen atoms in total. The first-order valence-electron chi connectivity index (χ1n) is 5.53. The van der Waals surface area contributed by atoms with Crippen molar-refractivity contribution in [3.8, 4) is 0 Å². The van der Waals surface area contributed by atoms with Gasteiger partial charge in [-0.05, 0) is 23.8 Å².